The Hall–Kier alpha value is -2.82. The van der Waals surface area contributed by atoms with E-state index in [4.69, 9.17) is 11.6 Å². The van der Waals surface area contributed by atoms with Gasteiger partial charge in [0.1, 0.15) is 0 Å². The first-order valence-electron chi connectivity index (χ1n) is 11.2. The third-order valence-electron chi connectivity index (χ3n) is 6.52. The van der Waals surface area contributed by atoms with Gasteiger partial charge < -0.3 is 15.1 Å². The van der Waals surface area contributed by atoms with E-state index in [2.05, 4.69) is 22.0 Å². The number of likely N-dealkylation sites (N-methyl/N-ethyl adjacent to an activating group) is 1. The van der Waals surface area contributed by atoms with Crippen molar-refractivity contribution in [2.75, 3.05) is 42.9 Å². The molecule has 1 fully saturated rings. The number of rotatable bonds is 6. The highest BCUT2D eigenvalue weighted by atomic mass is 35.5. The maximum atomic E-state index is 13.6. The van der Waals surface area contributed by atoms with Crippen LogP contribution >= 0.6 is 11.6 Å². The molecule has 0 unspecified atom stereocenters. The van der Waals surface area contributed by atoms with E-state index in [1.165, 1.54) is 0 Å². The van der Waals surface area contributed by atoms with Crippen LogP contribution in [0.3, 0.4) is 0 Å². The van der Waals surface area contributed by atoms with Crippen LogP contribution in [0.1, 0.15) is 25.0 Å². The van der Waals surface area contributed by atoms with Crippen molar-refractivity contribution in [2.45, 2.75) is 19.3 Å². The van der Waals surface area contributed by atoms with Crippen LogP contribution < -0.4 is 10.2 Å². The lowest BCUT2D eigenvalue weighted by Crippen LogP contribution is -2.46. The summed E-state index contributed by atoms with van der Waals surface area (Å²) in [5.41, 5.74) is 2.79. The van der Waals surface area contributed by atoms with Gasteiger partial charge in [0.25, 0.3) is 0 Å². The summed E-state index contributed by atoms with van der Waals surface area (Å²) in [5, 5.41) is 3.78. The second kappa shape index (κ2) is 9.76. The first-order chi connectivity index (χ1) is 15.5. The summed E-state index contributed by atoms with van der Waals surface area (Å²) >= 11 is 6.66. The lowest BCUT2D eigenvalue weighted by molar-refractivity contribution is -0.119. The van der Waals surface area contributed by atoms with Gasteiger partial charge in [0.2, 0.25) is 5.91 Å². The van der Waals surface area contributed by atoms with Crippen molar-refractivity contribution in [3.05, 3.63) is 95.0 Å². The molecule has 32 heavy (non-hydrogen) atoms. The summed E-state index contributed by atoms with van der Waals surface area (Å²) in [4.78, 5) is 18.4. The second-order valence-corrected chi connectivity index (χ2v) is 8.81. The summed E-state index contributed by atoms with van der Waals surface area (Å²) in [6, 6.07) is 25.6. The van der Waals surface area contributed by atoms with Gasteiger partial charge in [0.15, 0.2) is 0 Å². The number of hydrogen-bond donors (Lipinski definition) is 1. The normalized spacial score (nSPS) is 14.9. The third kappa shape index (κ3) is 4.52. The standard InChI is InChI=1S/C27H30ClN3O/c1-3-30-16-18-31(19-17-30)25-15-14-23(20-24(25)28)29-26(32)27(2,21-10-6-4-7-11-21)22-12-8-5-9-13-22/h4-15,20H,3,16-19H2,1-2H3,(H,29,32). The number of benzene rings is 3. The number of hydrogen-bond acceptors (Lipinski definition) is 3. The van der Waals surface area contributed by atoms with Crippen LogP contribution in [-0.4, -0.2) is 43.5 Å². The molecule has 0 saturated carbocycles. The first kappa shape index (κ1) is 22.4. The van der Waals surface area contributed by atoms with Crippen LogP contribution in [0.5, 0.6) is 0 Å². The van der Waals surface area contributed by atoms with Crippen molar-refractivity contribution in [1.29, 1.82) is 0 Å². The summed E-state index contributed by atoms with van der Waals surface area (Å²) in [5.74, 6) is -0.0877. The van der Waals surface area contributed by atoms with Gasteiger partial charge in [0, 0.05) is 31.9 Å². The molecule has 1 N–H and O–H groups in total. The lowest BCUT2D eigenvalue weighted by Gasteiger charge is -2.36. The fourth-order valence-corrected chi connectivity index (χ4v) is 4.67. The summed E-state index contributed by atoms with van der Waals surface area (Å²) < 4.78 is 0. The number of nitrogens with one attached hydrogen (secondary N) is 1. The number of nitrogens with zero attached hydrogens (tertiary/aromatic N) is 2. The topological polar surface area (TPSA) is 35.6 Å². The molecule has 0 aliphatic carbocycles. The number of halogens is 1. The molecule has 3 aromatic carbocycles. The van der Waals surface area contributed by atoms with E-state index in [0.717, 1.165) is 49.5 Å². The van der Waals surface area contributed by atoms with Crippen LogP contribution in [-0.2, 0) is 10.2 Å². The average Bonchev–Trinajstić information content (AvgIpc) is 2.85. The Balaban J connectivity index is 1.57. The van der Waals surface area contributed by atoms with Crippen molar-refractivity contribution < 1.29 is 4.79 Å². The molecule has 3 aromatic rings. The number of carbonyl (C=O) groups is 1. The van der Waals surface area contributed by atoms with E-state index >= 15 is 0 Å². The molecule has 0 bridgehead atoms. The molecule has 0 spiro atoms. The zero-order valence-corrected chi connectivity index (χ0v) is 19.5. The van der Waals surface area contributed by atoms with Gasteiger partial charge in [0.05, 0.1) is 16.1 Å². The highest BCUT2D eigenvalue weighted by Crippen LogP contribution is 2.35. The first-order valence-corrected chi connectivity index (χ1v) is 11.6. The quantitative estimate of drug-likeness (QED) is 0.547. The summed E-state index contributed by atoms with van der Waals surface area (Å²) in [6.07, 6.45) is 0. The predicted octanol–water partition coefficient (Wildman–Crippen LogP) is 5.43. The smallest absolute Gasteiger partial charge is 0.239 e. The van der Waals surface area contributed by atoms with Gasteiger partial charge in [-0.1, -0.05) is 79.2 Å². The zero-order chi connectivity index (χ0) is 22.6. The maximum absolute atomic E-state index is 13.6. The van der Waals surface area contributed by atoms with Gasteiger partial charge in [-0.2, -0.15) is 0 Å². The van der Waals surface area contributed by atoms with Crippen molar-refractivity contribution in [3.63, 3.8) is 0 Å². The SMILES string of the molecule is CCN1CCN(c2ccc(NC(=O)C(C)(c3ccccc3)c3ccccc3)cc2Cl)CC1. The molecular formula is C27H30ClN3O. The zero-order valence-electron chi connectivity index (χ0n) is 18.7. The van der Waals surface area contributed by atoms with Gasteiger partial charge >= 0.3 is 0 Å². The van der Waals surface area contributed by atoms with Crippen molar-refractivity contribution >= 4 is 28.9 Å². The Morgan fingerprint density at radius 1 is 0.906 bits per heavy atom. The Morgan fingerprint density at radius 2 is 1.47 bits per heavy atom. The molecule has 1 aliphatic rings. The largest absolute Gasteiger partial charge is 0.368 e. The highest BCUT2D eigenvalue weighted by Gasteiger charge is 2.37. The van der Waals surface area contributed by atoms with E-state index in [9.17, 15) is 4.79 Å². The molecule has 0 radical (unpaired) electrons. The molecule has 1 aliphatic heterocycles. The van der Waals surface area contributed by atoms with E-state index in [1.807, 2.05) is 85.8 Å². The second-order valence-electron chi connectivity index (χ2n) is 8.40. The molecule has 0 aromatic heterocycles. The van der Waals surface area contributed by atoms with Gasteiger partial charge in [-0.3, -0.25) is 4.79 Å². The minimum absolute atomic E-state index is 0.0877. The van der Waals surface area contributed by atoms with Crippen LogP contribution in [0.4, 0.5) is 11.4 Å². The fourth-order valence-electron chi connectivity index (χ4n) is 4.37. The van der Waals surface area contributed by atoms with E-state index in [1.54, 1.807) is 0 Å². The minimum Gasteiger partial charge on any atom is -0.368 e. The Labute approximate surface area is 195 Å². The van der Waals surface area contributed by atoms with Crippen molar-refractivity contribution in [3.8, 4) is 0 Å². The molecular weight excluding hydrogens is 418 g/mol. The maximum Gasteiger partial charge on any atom is 0.239 e. The van der Waals surface area contributed by atoms with Gasteiger partial charge in [-0.05, 0) is 42.8 Å². The molecule has 1 saturated heterocycles. The molecule has 0 atom stereocenters. The third-order valence-corrected chi connectivity index (χ3v) is 6.82. The highest BCUT2D eigenvalue weighted by molar-refractivity contribution is 6.33. The van der Waals surface area contributed by atoms with E-state index in [0.29, 0.717) is 10.7 Å². The van der Waals surface area contributed by atoms with E-state index in [-0.39, 0.29) is 5.91 Å². The van der Waals surface area contributed by atoms with Crippen LogP contribution in [0.15, 0.2) is 78.9 Å². The molecule has 1 heterocycles. The lowest BCUT2D eigenvalue weighted by atomic mass is 9.75. The molecule has 4 rings (SSSR count). The fraction of sp³-hybridized carbons (Fsp3) is 0.296. The molecule has 4 nitrogen and oxygen atoms in total. The number of piperazine rings is 1. The average molecular weight is 448 g/mol. The van der Waals surface area contributed by atoms with Gasteiger partial charge in [-0.25, -0.2) is 0 Å². The number of carbonyl (C=O) groups excluding carboxylic acids is 1. The van der Waals surface area contributed by atoms with Gasteiger partial charge in [-0.15, -0.1) is 0 Å². The molecule has 166 valence electrons. The van der Waals surface area contributed by atoms with Crippen molar-refractivity contribution in [2.24, 2.45) is 0 Å². The molecule has 1 amide bonds. The summed E-state index contributed by atoms with van der Waals surface area (Å²) in [7, 11) is 0. The summed E-state index contributed by atoms with van der Waals surface area (Å²) in [6.45, 7) is 9.23. The number of amides is 1. The van der Waals surface area contributed by atoms with E-state index < -0.39 is 5.41 Å². The molecule has 5 heteroatoms. The van der Waals surface area contributed by atoms with Crippen LogP contribution in [0, 0.1) is 0 Å². The Kier molecular flexibility index (Phi) is 6.83. The monoisotopic (exact) mass is 447 g/mol. The van der Waals surface area contributed by atoms with Crippen LogP contribution in [0.2, 0.25) is 5.02 Å². The van der Waals surface area contributed by atoms with Crippen LogP contribution in [0.25, 0.3) is 0 Å². The Morgan fingerprint density at radius 3 is 1.97 bits per heavy atom. The number of anilines is 2. The van der Waals surface area contributed by atoms with Crippen molar-refractivity contribution in [1.82, 2.24) is 4.90 Å². The predicted molar refractivity (Wildman–Crippen MR) is 134 cm³/mol. The minimum atomic E-state index is -0.829. The Bertz CT molecular complexity index is 1010.